The van der Waals surface area contributed by atoms with Gasteiger partial charge in [-0.3, -0.25) is 0 Å². The smallest absolute Gasteiger partial charge is 0.335 e. The van der Waals surface area contributed by atoms with E-state index in [4.69, 9.17) is 28.4 Å². The van der Waals surface area contributed by atoms with Crippen molar-refractivity contribution in [2.24, 2.45) is 0 Å². The van der Waals surface area contributed by atoms with Crippen molar-refractivity contribution in [1.82, 2.24) is 0 Å². The summed E-state index contributed by atoms with van der Waals surface area (Å²) in [4.78, 5) is 24.1. The minimum Gasteiger partial charge on any atom is -0.490 e. The predicted molar refractivity (Wildman–Crippen MR) is 145 cm³/mol. The van der Waals surface area contributed by atoms with Crippen molar-refractivity contribution in [3.63, 3.8) is 0 Å². The summed E-state index contributed by atoms with van der Waals surface area (Å²) in [6.45, 7) is 9.61. The monoisotopic (exact) mass is 528 g/mol. The van der Waals surface area contributed by atoms with Crippen LogP contribution in [-0.2, 0) is 41.4 Å². The molecular formula is C30H40O8. The summed E-state index contributed by atoms with van der Waals surface area (Å²) in [6, 6.07) is 15.1. The number of rotatable bonds is 18. The zero-order valence-corrected chi connectivity index (χ0v) is 22.9. The van der Waals surface area contributed by atoms with Gasteiger partial charge in [0.2, 0.25) is 0 Å². The van der Waals surface area contributed by atoms with Crippen LogP contribution in [0.4, 0.5) is 0 Å². The number of esters is 2. The van der Waals surface area contributed by atoms with Crippen LogP contribution >= 0.6 is 0 Å². The number of carbonyl (C=O) groups excluding carboxylic acids is 2. The minimum atomic E-state index is -0.609. The summed E-state index contributed by atoms with van der Waals surface area (Å²) in [5.74, 6) is 0.767. The van der Waals surface area contributed by atoms with Crippen LogP contribution in [0.5, 0.6) is 11.5 Å². The molecule has 0 spiro atoms. The Morgan fingerprint density at radius 3 is 1.29 bits per heavy atom. The summed E-state index contributed by atoms with van der Waals surface area (Å²) < 4.78 is 32.7. The third-order valence-electron chi connectivity index (χ3n) is 5.38. The first-order valence-corrected chi connectivity index (χ1v) is 13.2. The van der Waals surface area contributed by atoms with E-state index in [0.717, 1.165) is 22.6 Å². The average molecular weight is 529 g/mol. The first-order chi connectivity index (χ1) is 18.5. The Balaban J connectivity index is 1.73. The van der Waals surface area contributed by atoms with Crippen LogP contribution in [0.3, 0.4) is 0 Å². The van der Waals surface area contributed by atoms with Gasteiger partial charge >= 0.3 is 11.9 Å². The van der Waals surface area contributed by atoms with Crippen molar-refractivity contribution in [1.29, 1.82) is 0 Å². The van der Waals surface area contributed by atoms with Gasteiger partial charge in [0.05, 0.1) is 13.2 Å². The van der Waals surface area contributed by atoms with E-state index in [0.29, 0.717) is 52.5 Å². The zero-order chi connectivity index (χ0) is 27.6. The number of hydrogen-bond donors (Lipinski definition) is 0. The summed E-state index contributed by atoms with van der Waals surface area (Å²) in [7, 11) is 0. The zero-order valence-electron chi connectivity index (χ0n) is 22.9. The largest absolute Gasteiger partial charge is 0.490 e. The molecule has 2 aromatic rings. The van der Waals surface area contributed by atoms with Crippen LogP contribution in [0.15, 0.2) is 60.7 Å². The molecule has 0 aliphatic heterocycles. The number of benzene rings is 2. The molecule has 208 valence electrons. The summed E-state index contributed by atoms with van der Waals surface area (Å²) in [5.41, 5.74) is 1.93. The molecule has 0 aliphatic carbocycles. The second kappa shape index (κ2) is 18.0. The lowest BCUT2D eigenvalue weighted by Crippen LogP contribution is -2.28. The van der Waals surface area contributed by atoms with Crippen molar-refractivity contribution in [3.05, 3.63) is 71.8 Å². The molecule has 0 N–H and O–H groups in total. The fraction of sp³-hybridized carbons (Fsp3) is 0.467. The Labute approximate surface area is 225 Å². The predicted octanol–water partition coefficient (Wildman–Crippen LogP) is 4.72. The van der Waals surface area contributed by atoms with Crippen LogP contribution < -0.4 is 9.47 Å². The molecule has 0 aliphatic rings. The van der Waals surface area contributed by atoms with Gasteiger partial charge in [-0.2, -0.15) is 0 Å². The quantitative estimate of drug-likeness (QED) is 0.203. The Hall–Kier alpha value is -3.36. The average Bonchev–Trinajstić information content (AvgIpc) is 2.92. The van der Waals surface area contributed by atoms with Gasteiger partial charge in [0.25, 0.3) is 0 Å². The fourth-order valence-corrected chi connectivity index (χ4v) is 3.59. The van der Waals surface area contributed by atoms with E-state index in [-0.39, 0.29) is 11.9 Å². The van der Waals surface area contributed by atoms with Gasteiger partial charge in [0.15, 0.2) is 12.2 Å². The number of hydrogen-bond acceptors (Lipinski definition) is 8. The van der Waals surface area contributed by atoms with Gasteiger partial charge in [0, 0.05) is 26.1 Å². The maximum atomic E-state index is 12.0. The lowest BCUT2D eigenvalue weighted by Gasteiger charge is -2.15. The first kappa shape index (κ1) is 30.9. The molecule has 0 radical (unpaired) electrons. The minimum absolute atomic E-state index is 0.327. The summed E-state index contributed by atoms with van der Waals surface area (Å²) >= 11 is 0. The van der Waals surface area contributed by atoms with Crippen LogP contribution in [0.1, 0.15) is 38.8 Å². The third-order valence-corrected chi connectivity index (χ3v) is 5.38. The van der Waals surface area contributed by atoms with Gasteiger partial charge in [-0.1, -0.05) is 24.3 Å². The van der Waals surface area contributed by atoms with Gasteiger partial charge in [-0.05, 0) is 75.2 Å². The lowest BCUT2D eigenvalue weighted by molar-refractivity contribution is -0.157. The highest BCUT2D eigenvalue weighted by atomic mass is 16.6. The molecule has 0 amide bonds. The number of ether oxygens (including phenoxy) is 6. The van der Waals surface area contributed by atoms with E-state index in [9.17, 15) is 9.59 Å². The van der Waals surface area contributed by atoms with Crippen molar-refractivity contribution in [2.75, 3.05) is 39.6 Å². The van der Waals surface area contributed by atoms with E-state index < -0.39 is 12.2 Å². The molecule has 0 heterocycles. The molecule has 8 nitrogen and oxygen atoms in total. The Bertz CT molecular complexity index is 889. The van der Waals surface area contributed by atoms with E-state index in [1.54, 1.807) is 13.8 Å². The lowest BCUT2D eigenvalue weighted by atomic mass is 10.1. The normalized spacial score (nSPS) is 12.6. The second-order valence-corrected chi connectivity index (χ2v) is 8.18. The highest BCUT2D eigenvalue weighted by Gasteiger charge is 2.21. The molecule has 8 heteroatoms. The van der Waals surface area contributed by atoms with Gasteiger partial charge in [0.1, 0.15) is 24.7 Å². The van der Waals surface area contributed by atoms with E-state index in [1.807, 2.05) is 74.5 Å². The third kappa shape index (κ3) is 11.4. The molecule has 0 saturated heterocycles. The molecule has 0 bridgehead atoms. The Kier molecular flexibility index (Phi) is 14.6. The summed E-state index contributed by atoms with van der Waals surface area (Å²) in [6.07, 6.45) is 3.46. The van der Waals surface area contributed by atoms with Crippen LogP contribution in [0.2, 0.25) is 0 Å². The van der Waals surface area contributed by atoms with Crippen LogP contribution in [-0.4, -0.2) is 63.8 Å². The molecule has 2 aromatic carbocycles. The second-order valence-electron chi connectivity index (χ2n) is 8.18. The van der Waals surface area contributed by atoms with Crippen molar-refractivity contribution >= 4 is 11.9 Å². The number of carbonyl (C=O) groups is 2. The Morgan fingerprint density at radius 2 is 0.974 bits per heavy atom. The highest BCUT2D eigenvalue weighted by Crippen LogP contribution is 2.16. The van der Waals surface area contributed by atoms with Gasteiger partial charge in [-0.25, -0.2) is 9.59 Å². The molecule has 0 saturated carbocycles. The topological polar surface area (TPSA) is 89.5 Å². The molecule has 2 atom stereocenters. The highest BCUT2D eigenvalue weighted by molar-refractivity contribution is 5.75. The molecule has 2 unspecified atom stereocenters. The van der Waals surface area contributed by atoms with E-state index in [2.05, 4.69) is 0 Å². The van der Waals surface area contributed by atoms with Crippen LogP contribution in [0, 0.1) is 0 Å². The van der Waals surface area contributed by atoms with Crippen molar-refractivity contribution in [2.45, 2.75) is 52.7 Å². The van der Waals surface area contributed by atoms with Crippen molar-refractivity contribution < 1.29 is 38.0 Å². The van der Waals surface area contributed by atoms with E-state index >= 15 is 0 Å². The van der Waals surface area contributed by atoms with Gasteiger partial charge in [-0.15, -0.1) is 0 Å². The fourth-order valence-electron chi connectivity index (χ4n) is 3.59. The first-order valence-electron chi connectivity index (χ1n) is 13.2. The maximum absolute atomic E-state index is 12.0. The van der Waals surface area contributed by atoms with Crippen molar-refractivity contribution in [3.8, 4) is 11.5 Å². The van der Waals surface area contributed by atoms with Crippen LogP contribution in [0.25, 0.3) is 0 Å². The molecular weight excluding hydrogens is 488 g/mol. The molecule has 0 aromatic heterocycles. The van der Waals surface area contributed by atoms with E-state index in [1.165, 1.54) is 0 Å². The molecule has 0 fully saturated rings. The molecule has 2 rings (SSSR count). The summed E-state index contributed by atoms with van der Waals surface area (Å²) in [5, 5.41) is 0. The standard InChI is InChI=1S/C30H40O8/c1-5-33-27(29(31)35-7-3)21-23-11-15-25(16-12-23)37-19-9-10-20-38-26-17-13-24(14-18-26)22-28(34-6-2)30(32)36-8-4/h9-18,27-28H,5-8,19-22H2,1-4H3/b10-9-. The SMILES string of the molecule is CCOC(=O)C(Cc1ccc(OC/C=C\COc2ccc(CC(OCC)C(=O)OCC)cc2)cc1)OCC. The maximum Gasteiger partial charge on any atom is 0.335 e. The van der Waals surface area contributed by atoms with Gasteiger partial charge < -0.3 is 28.4 Å². The molecule has 38 heavy (non-hydrogen) atoms. The Morgan fingerprint density at radius 1 is 0.605 bits per heavy atom.